The fourth-order valence-electron chi connectivity index (χ4n) is 1.55. The van der Waals surface area contributed by atoms with Crippen LogP contribution in [0.15, 0.2) is 12.1 Å². The van der Waals surface area contributed by atoms with Crippen molar-refractivity contribution in [3.8, 4) is 11.5 Å². The first-order chi connectivity index (χ1) is 8.58. The lowest BCUT2D eigenvalue weighted by Gasteiger charge is -2.20. The molecule has 0 saturated carbocycles. The number of thioether (sulfide) groups is 1. The van der Waals surface area contributed by atoms with E-state index >= 15 is 0 Å². The van der Waals surface area contributed by atoms with Crippen LogP contribution >= 0.6 is 23.4 Å². The number of amides is 1. The van der Waals surface area contributed by atoms with E-state index < -0.39 is 0 Å². The van der Waals surface area contributed by atoms with Crippen molar-refractivity contribution in [1.82, 2.24) is 0 Å². The molecule has 1 aromatic carbocycles. The molecule has 18 heavy (non-hydrogen) atoms. The number of hydrogen-bond acceptors (Lipinski definition) is 4. The number of carbonyl (C=O) groups excluding carboxylic acids is 1. The molecule has 1 aliphatic rings. The molecular weight excluding hydrogens is 274 g/mol. The molecule has 0 radical (unpaired) electrons. The van der Waals surface area contributed by atoms with E-state index in [0.29, 0.717) is 35.5 Å². The highest BCUT2D eigenvalue weighted by atomic mass is 35.5. The van der Waals surface area contributed by atoms with Crippen LogP contribution in [0.2, 0.25) is 5.02 Å². The average molecular weight is 288 g/mol. The van der Waals surface area contributed by atoms with Crippen LogP contribution in [0, 0.1) is 0 Å². The predicted molar refractivity (Wildman–Crippen MR) is 72.4 cm³/mol. The van der Waals surface area contributed by atoms with Gasteiger partial charge in [-0.2, -0.15) is 0 Å². The third-order valence-electron chi connectivity index (χ3n) is 2.56. The molecule has 1 amide bonds. The summed E-state index contributed by atoms with van der Waals surface area (Å²) in [5.41, 5.74) is 6.20. The molecule has 1 aliphatic heterocycles. The summed E-state index contributed by atoms with van der Waals surface area (Å²) in [4.78, 5) is 11.0. The molecule has 0 fully saturated rings. The van der Waals surface area contributed by atoms with Gasteiger partial charge in [-0.25, -0.2) is 0 Å². The van der Waals surface area contributed by atoms with Crippen molar-refractivity contribution < 1.29 is 14.3 Å². The van der Waals surface area contributed by atoms with Gasteiger partial charge >= 0.3 is 0 Å². The Bertz CT molecular complexity index is 467. The van der Waals surface area contributed by atoms with Crippen LogP contribution in [0.25, 0.3) is 0 Å². The number of rotatable bonds is 4. The SMILES string of the molecule is CC(SCc1cc(Cl)c2c(c1)OCCO2)C(N)=O. The van der Waals surface area contributed by atoms with Gasteiger partial charge in [-0.15, -0.1) is 11.8 Å². The molecular formula is C12H14ClNO3S. The van der Waals surface area contributed by atoms with Crippen molar-refractivity contribution in [3.63, 3.8) is 0 Å². The van der Waals surface area contributed by atoms with Gasteiger partial charge in [0, 0.05) is 5.75 Å². The predicted octanol–water partition coefficient (Wildman–Crippen LogP) is 2.22. The molecule has 0 spiro atoms. The molecule has 1 heterocycles. The van der Waals surface area contributed by atoms with E-state index in [1.54, 1.807) is 6.92 Å². The van der Waals surface area contributed by atoms with Gasteiger partial charge in [-0.05, 0) is 24.6 Å². The number of primary amides is 1. The van der Waals surface area contributed by atoms with Crippen molar-refractivity contribution in [3.05, 3.63) is 22.7 Å². The first-order valence-electron chi connectivity index (χ1n) is 5.57. The molecule has 2 N–H and O–H groups in total. The zero-order valence-electron chi connectivity index (χ0n) is 9.94. The molecule has 1 aromatic rings. The van der Waals surface area contributed by atoms with E-state index in [1.807, 2.05) is 12.1 Å². The quantitative estimate of drug-likeness (QED) is 0.922. The topological polar surface area (TPSA) is 61.6 Å². The Balaban J connectivity index is 2.10. The molecule has 0 saturated heterocycles. The Hall–Kier alpha value is -1.07. The summed E-state index contributed by atoms with van der Waals surface area (Å²) in [6, 6.07) is 3.72. The third kappa shape index (κ3) is 3.03. The molecule has 6 heteroatoms. The lowest BCUT2D eigenvalue weighted by Crippen LogP contribution is -2.22. The summed E-state index contributed by atoms with van der Waals surface area (Å²) in [7, 11) is 0. The number of ether oxygens (including phenoxy) is 2. The second-order valence-corrected chi connectivity index (χ2v) is 5.69. The van der Waals surface area contributed by atoms with Crippen LogP contribution in [-0.4, -0.2) is 24.4 Å². The van der Waals surface area contributed by atoms with Crippen LogP contribution in [0.3, 0.4) is 0 Å². The van der Waals surface area contributed by atoms with Crippen LogP contribution in [0.4, 0.5) is 0 Å². The normalized spacial score (nSPS) is 15.2. The average Bonchev–Trinajstić information content (AvgIpc) is 2.36. The lowest BCUT2D eigenvalue weighted by molar-refractivity contribution is -0.117. The van der Waals surface area contributed by atoms with E-state index in [1.165, 1.54) is 11.8 Å². The fraction of sp³-hybridized carbons (Fsp3) is 0.417. The van der Waals surface area contributed by atoms with Gasteiger partial charge in [0.25, 0.3) is 0 Å². The summed E-state index contributed by atoms with van der Waals surface area (Å²) in [6.45, 7) is 2.82. The number of halogens is 1. The lowest BCUT2D eigenvalue weighted by atomic mass is 10.2. The first kappa shape index (κ1) is 13.4. The fourth-order valence-corrected chi connectivity index (χ4v) is 2.61. The standard InChI is InChI=1S/C12H14ClNO3S/c1-7(12(14)15)18-6-8-4-9(13)11-10(5-8)16-2-3-17-11/h4-5,7H,2-3,6H2,1H3,(H2,14,15). The van der Waals surface area contributed by atoms with Crippen LogP contribution < -0.4 is 15.2 Å². The molecule has 98 valence electrons. The number of carbonyl (C=O) groups is 1. The highest BCUT2D eigenvalue weighted by molar-refractivity contribution is 7.99. The third-order valence-corrected chi connectivity index (χ3v) is 4.07. The first-order valence-corrected chi connectivity index (χ1v) is 6.99. The number of nitrogens with two attached hydrogens (primary N) is 1. The van der Waals surface area contributed by atoms with Gasteiger partial charge < -0.3 is 15.2 Å². The van der Waals surface area contributed by atoms with Crippen LogP contribution in [-0.2, 0) is 10.5 Å². The van der Waals surface area contributed by atoms with Gasteiger partial charge in [-0.3, -0.25) is 4.79 Å². The van der Waals surface area contributed by atoms with Crippen molar-refractivity contribution in [2.75, 3.05) is 13.2 Å². The minimum atomic E-state index is -0.316. The zero-order chi connectivity index (χ0) is 13.1. The van der Waals surface area contributed by atoms with Crippen molar-refractivity contribution >= 4 is 29.3 Å². The van der Waals surface area contributed by atoms with Crippen molar-refractivity contribution in [1.29, 1.82) is 0 Å². The second kappa shape index (κ2) is 5.71. The molecule has 4 nitrogen and oxygen atoms in total. The van der Waals surface area contributed by atoms with Crippen molar-refractivity contribution in [2.24, 2.45) is 5.73 Å². The highest BCUT2D eigenvalue weighted by Crippen LogP contribution is 2.39. The largest absolute Gasteiger partial charge is 0.486 e. The summed E-state index contributed by atoms with van der Waals surface area (Å²) in [5.74, 6) is 1.60. The van der Waals surface area contributed by atoms with E-state index in [2.05, 4.69) is 0 Å². The minimum Gasteiger partial charge on any atom is -0.486 e. The zero-order valence-corrected chi connectivity index (χ0v) is 11.5. The van der Waals surface area contributed by atoms with Crippen molar-refractivity contribution in [2.45, 2.75) is 17.9 Å². The van der Waals surface area contributed by atoms with E-state index in [-0.39, 0.29) is 11.2 Å². The molecule has 0 bridgehead atoms. The Morgan fingerprint density at radius 1 is 1.50 bits per heavy atom. The Morgan fingerprint density at radius 3 is 2.94 bits per heavy atom. The number of hydrogen-bond donors (Lipinski definition) is 1. The monoisotopic (exact) mass is 287 g/mol. The van der Waals surface area contributed by atoms with E-state index in [0.717, 1.165) is 5.56 Å². The highest BCUT2D eigenvalue weighted by Gasteiger charge is 2.17. The second-order valence-electron chi connectivity index (χ2n) is 3.96. The van der Waals surface area contributed by atoms with Crippen LogP contribution in [0.5, 0.6) is 11.5 Å². The Labute approximate surface area is 115 Å². The number of fused-ring (bicyclic) bond motifs is 1. The van der Waals surface area contributed by atoms with Crippen LogP contribution in [0.1, 0.15) is 12.5 Å². The maximum absolute atomic E-state index is 11.0. The summed E-state index contributed by atoms with van der Waals surface area (Å²) in [5, 5.41) is 0.312. The molecule has 2 rings (SSSR count). The molecule has 0 aliphatic carbocycles. The summed E-state index contributed by atoms with van der Waals surface area (Å²) in [6.07, 6.45) is 0. The maximum atomic E-state index is 11.0. The smallest absolute Gasteiger partial charge is 0.230 e. The number of benzene rings is 1. The van der Waals surface area contributed by atoms with Gasteiger partial charge in [0.05, 0.1) is 10.3 Å². The van der Waals surface area contributed by atoms with E-state index in [9.17, 15) is 4.79 Å². The van der Waals surface area contributed by atoms with Gasteiger partial charge in [-0.1, -0.05) is 11.6 Å². The van der Waals surface area contributed by atoms with Gasteiger partial charge in [0.15, 0.2) is 11.5 Å². The molecule has 1 atom stereocenters. The summed E-state index contributed by atoms with van der Waals surface area (Å²) >= 11 is 7.59. The maximum Gasteiger partial charge on any atom is 0.230 e. The van der Waals surface area contributed by atoms with Gasteiger partial charge in [0.2, 0.25) is 5.91 Å². The molecule has 1 unspecified atom stereocenters. The molecule has 0 aromatic heterocycles. The summed E-state index contributed by atoms with van der Waals surface area (Å²) < 4.78 is 10.9. The van der Waals surface area contributed by atoms with Gasteiger partial charge in [0.1, 0.15) is 13.2 Å². The minimum absolute atomic E-state index is 0.225. The Morgan fingerprint density at radius 2 is 2.22 bits per heavy atom. The van der Waals surface area contributed by atoms with E-state index in [4.69, 9.17) is 26.8 Å². The Kier molecular flexibility index (Phi) is 4.24.